The van der Waals surface area contributed by atoms with Crippen molar-refractivity contribution in [2.45, 2.75) is 37.8 Å². The largest absolute Gasteiger partial charge is 0.480 e. The van der Waals surface area contributed by atoms with Gasteiger partial charge in [0.05, 0.1) is 12.6 Å². The van der Waals surface area contributed by atoms with Crippen LogP contribution in [0.15, 0.2) is 42.5 Å². The van der Waals surface area contributed by atoms with Crippen LogP contribution in [0.2, 0.25) is 0 Å². The van der Waals surface area contributed by atoms with Crippen LogP contribution < -0.4 is 0 Å². The number of rotatable bonds is 4. The van der Waals surface area contributed by atoms with Crippen molar-refractivity contribution in [3.63, 3.8) is 0 Å². The van der Waals surface area contributed by atoms with Crippen molar-refractivity contribution < 1.29 is 19.5 Å². The number of fused-ring (bicyclic) bond motifs is 2. The van der Waals surface area contributed by atoms with Crippen LogP contribution in [0.4, 0.5) is 0 Å². The average molecular weight is 366 g/mol. The van der Waals surface area contributed by atoms with Gasteiger partial charge in [0.2, 0.25) is 11.8 Å². The van der Waals surface area contributed by atoms with Gasteiger partial charge in [0.25, 0.3) is 0 Å². The Morgan fingerprint density at radius 1 is 1.07 bits per heavy atom. The molecular weight excluding hydrogens is 344 g/mol. The fraction of sp³-hybridized carbons (Fsp3) is 0.381. The molecule has 6 heteroatoms. The molecule has 0 aromatic heterocycles. The molecule has 2 aromatic carbocycles. The summed E-state index contributed by atoms with van der Waals surface area (Å²) in [4.78, 5) is 39.5. The molecule has 4 rings (SSSR count). The second-order valence-corrected chi connectivity index (χ2v) is 7.30. The Morgan fingerprint density at radius 2 is 1.85 bits per heavy atom. The monoisotopic (exact) mass is 366 g/mol. The molecule has 2 unspecified atom stereocenters. The average Bonchev–Trinajstić information content (AvgIpc) is 3.11. The third-order valence-electron chi connectivity index (χ3n) is 5.67. The number of hydrogen-bond donors (Lipinski definition) is 1. The van der Waals surface area contributed by atoms with Crippen molar-refractivity contribution in [2.24, 2.45) is 0 Å². The minimum absolute atomic E-state index is 0.0192. The number of carboxylic acid groups (broad SMARTS) is 1. The Morgan fingerprint density at radius 3 is 2.67 bits per heavy atom. The number of carboxylic acids is 1. The summed E-state index contributed by atoms with van der Waals surface area (Å²) in [6.07, 6.45) is 2.06. The molecule has 2 atom stereocenters. The van der Waals surface area contributed by atoms with Gasteiger partial charge in [-0.25, -0.2) is 4.79 Å². The van der Waals surface area contributed by atoms with Gasteiger partial charge in [0, 0.05) is 13.0 Å². The highest BCUT2D eigenvalue weighted by Crippen LogP contribution is 2.29. The molecule has 0 saturated carbocycles. The number of piperazine rings is 1. The van der Waals surface area contributed by atoms with E-state index in [0.717, 1.165) is 16.3 Å². The van der Waals surface area contributed by atoms with Crippen molar-refractivity contribution in [1.82, 2.24) is 9.80 Å². The lowest BCUT2D eigenvalue weighted by Gasteiger charge is -2.38. The highest BCUT2D eigenvalue weighted by molar-refractivity contribution is 5.90. The molecule has 2 aliphatic rings. The summed E-state index contributed by atoms with van der Waals surface area (Å²) in [6, 6.07) is 13.3. The van der Waals surface area contributed by atoms with E-state index in [2.05, 4.69) is 18.2 Å². The van der Waals surface area contributed by atoms with Crippen molar-refractivity contribution in [3.05, 3.63) is 48.0 Å². The fourth-order valence-electron chi connectivity index (χ4n) is 4.35. The lowest BCUT2D eigenvalue weighted by atomic mass is 10.0. The predicted molar refractivity (Wildman–Crippen MR) is 100 cm³/mol. The second kappa shape index (κ2) is 7.02. The Labute approximate surface area is 157 Å². The van der Waals surface area contributed by atoms with E-state index in [4.69, 9.17) is 0 Å². The Bertz CT molecular complexity index is 905. The number of amides is 2. The molecule has 2 fully saturated rings. The first kappa shape index (κ1) is 17.5. The molecule has 2 aliphatic heterocycles. The molecule has 0 aliphatic carbocycles. The van der Waals surface area contributed by atoms with E-state index < -0.39 is 12.0 Å². The Kier molecular flexibility index (Phi) is 4.56. The maximum atomic E-state index is 12.7. The van der Waals surface area contributed by atoms with Gasteiger partial charge >= 0.3 is 5.97 Å². The van der Waals surface area contributed by atoms with E-state index in [1.54, 1.807) is 4.90 Å². The lowest BCUT2D eigenvalue weighted by Crippen LogP contribution is -2.58. The molecule has 140 valence electrons. The molecular formula is C21H22N2O4. The number of carbonyl (C=O) groups excluding carboxylic acids is 2. The summed E-state index contributed by atoms with van der Waals surface area (Å²) in [6.45, 7) is 0.415. The van der Waals surface area contributed by atoms with E-state index in [9.17, 15) is 19.5 Å². The van der Waals surface area contributed by atoms with Gasteiger partial charge < -0.3 is 14.9 Å². The fourth-order valence-corrected chi connectivity index (χ4v) is 4.35. The van der Waals surface area contributed by atoms with E-state index in [1.807, 2.05) is 24.3 Å². The molecule has 1 N–H and O–H groups in total. The smallest absolute Gasteiger partial charge is 0.326 e. The summed E-state index contributed by atoms with van der Waals surface area (Å²) >= 11 is 0. The number of hydrogen-bond acceptors (Lipinski definition) is 3. The predicted octanol–water partition coefficient (Wildman–Crippen LogP) is 2.06. The van der Waals surface area contributed by atoms with Gasteiger partial charge in [-0.15, -0.1) is 0 Å². The van der Waals surface area contributed by atoms with E-state index >= 15 is 0 Å². The van der Waals surface area contributed by atoms with Crippen LogP contribution in [-0.2, 0) is 20.8 Å². The van der Waals surface area contributed by atoms with Crippen LogP contribution in [-0.4, -0.2) is 57.9 Å². The van der Waals surface area contributed by atoms with Crippen LogP contribution in [0, 0.1) is 0 Å². The minimum atomic E-state index is -0.957. The Hall–Kier alpha value is -2.89. The molecule has 2 heterocycles. The molecule has 0 spiro atoms. The first-order chi connectivity index (χ1) is 13.0. The summed E-state index contributed by atoms with van der Waals surface area (Å²) in [7, 11) is 0. The molecule has 2 saturated heterocycles. The number of aliphatic carboxylic acids is 1. The van der Waals surface area contributed by atoms with E-state index in [1.165, 1.54) is 4.90 Å². The molecule has 6 nitrogen and oxygen atoms in total. The van der Waals surface area contributed by atoms with Crippen LogP contribution in [0.3, 0.4) is 0 Å². The molecule has 0 radical (unpaired) electrons. The van der Waals surface area contributed by atoms with Gasteiger partial charge in [-0.3, -0.25) is 9.59 Å². The zero-order valence-electron chi connectivity index (χ0n) is 15.0. The molecule has 0 bridgehead atoms. The number of aryl methyl sites for hydroxylation is 1. The standard InChI is InChI=1S/C21H22N2O4/c24-19(11-8-15-6-3-5-14-4-1-2-7-17(14)15)22-12-16-9-10-18(21(26)27)23(16)20(25)13-22/h1-7,16,18H,8-13H2,(H,26,27). The van der Waals surface area contributed by atoms with E-state index in [0.29, 0.717) is 32.2 Å². The summed E-state index contributed by atoms with van der Waals surface area (Å²) in [5.74, 6) is -1.26. The molecule has 2 amide bonds. The van der Waals surface area contributed by atoms with Crippen LogP contribution in [0.1, 0.15) is 24.8 Å². The minimum Gasteiger partial charge on any atom is -0.480 e. The van der Waals surface area contributed by atoms with Crippen molar-refractivity contribution >= 4 is 28.6 Å². The maximum absolute atomic E-state index is 12.7. The van der Waals surface area contributed by atoms with Gasteiger partial charge in [-0.2, -0.15) is 0 Å². The first-order valence-corrected chi connectivity index (χ1v) is 9.33. The quantitative estimate of drug-likeness (QED) is 0.898. The topological polar surface area (TPSA) is 77.9 Å². The van der Waals surface area contributed by atoms with Gasteiger partial charge in [-0.05, 0) is 35.6 Å². The van der Waals surface area contributed by atoms with Crippen LogP contribution in [0.5, 0.6) is 0 Å². The summed E-state index contributed by atoms with van der Waals surface area (Å²) in [5.41, 5.74) is 1.12. The van der Waals surface area contributed by atoms with Crippen molar-refractivity contribution in [2.75, 3.05) is 13.1 Å². The number of benzene rings is 2. The van der Waals surface area contributed by atoms with Gasteiger partial charge in [0.15, 0.2) is 0 Å². The number of carbonyl (C=O) groups is 3. The van der Waals surface area contributed by atoms with E-state index in [-0.39, 0.29) is 24.4 Å². The zero-order valence-corrected chi connectivity index (χ0v) is 15.0. The zero-order chi connectivity index (χ0) is 19.0. The summed E-state index contributed by atoms with van der Waals surface area (Å²) < 4.78 is 0. The second-order valence-electron chi connectivity index (χ2n) is 7.30. The lowest BCUT2D eigenvalue weighted by molar-refractivity contribution is -0.155. The van der Waals surface area contributed by atoms with Gasteiger partial charge in [-0.1, -0.05) is 42.5 Å². The molecule has 2 aromatic rings. The van der Waals surface area contributed by atoms with Crippen molar-refractivity contribution in [1.29, 1.82) is 0 Å². The Balaban J connectivity index is 1.42. The number of nitrogens with zero attached hydrogens (tertiary/aromatic N) is 2. The first-order valence-electron chi connectivity index (χ1n) is 9.33. The highest BCUT2D eigenvalue weighted by atomic mass is 16.4. The van der Waals surface area contributed by atoms with Crippen LogP contribution in [0.25, 0.3) is 10.8 Å². The van der Waals surface area contributed by atoms with Crippen molar-refractivity contribution in [3.8, 4) is 0 Å². The SMILES string of the molecule is O=C(O)C1CCC2CN(C(=O)CCc3cccc4ccccc34)CC(=O)N21. The maximum Gasteiger partial charge on any atom is 0.326 e. The highest BCUT2D eigenvalue weighted by Gasteiger charge is 2.45. The van der Waals surface area contributed by atoms with Crippen LogP contribution >= 0.6 is 0 Å². The summed E-state index contributed by atoms with van der Waals surface area (Å²) in [5, 5.41) is 11.6. The van der Waals surface area contributed by atoms with Gasteiger partial charge in [0.1, 0.15) is 6.04 Å². The third-order valence-corrected chi connectivity index (χ3v) is 5.67. The normalized spacial score (nSPS) is 22.1. The molecule has 27 heavy (non-hydrogen) atoms. The third kappa shape index (κ3) is 3.27.